The molecule has 0 heterocycles. The number of hydrogen-bond acceptors (Lipinski definition) is 2. The zero-order chi connectivity index (χ0) is 12.8. The van der Waals surface area contributed by atoms with E-state index in [0.717, 1.165) is 23.0 Å². The molecule has 96 valence electrons. The summed E-state index contributed by atoms with van der Waals surface area (Å²) in [5.41, 5.74) is 0.898. The number of hydrogen-bond donors (Lipinski definition) is 1. The minimum Gasteiger partial charge on any atom is -0.313 e. The molecule has 0 aliphatic heterocycles. The van der Waals surface area contributed by atoms with Gasteiger partial charge in [0.25, 0.3) is 0 Å². The molecule has 5 heteroatoms. The number of nitrogens with one attached hydrogen (secondary N) is 1. The Kier molecular flexibility index (Phi) is 6.30. The van der Waals surface area contributed by atoms with E-state index < -0.39 is 10.8 Å². The van der Waals surface area contributed by atoms with E-state index in [4.69, 9.17) is 0 Å². The smallest absolute Gasteiger partial charge is 0.123 e. The molecule has 1 aromatic rings. The fourth-order valence-corrected chi connectivity index (χ4v) is 2.21. The van der Waals surface area contributed by atoms with Gasteiger partial charge in [-0.15, -0.1) is 0 Å². The molecule has 0 aliphatic carbocycles. The summed E-state index contributed by atoms with van der Waals surface area (Å²) in [6.45, 7) is 3.36. The van der Waals surface area contributed by atoms with Crippen LogP contribution in [0, 0.1) is 5.82 Å². The monoisotopic (exact) mass is 321 g/mol. The summed E-state index contributed by atoms with van der Waals surface area (Å²) in [6.07, 6.45) is 2.57. The van der Waals surface area contributed by atoms with E-state index in [1.54, 1.807) is 12.3 Å². The number of rotatable bonds is 6. The summed E-state index contributed by atoms with van der Waals surface area (Å²) >= 11 is 3.38. The molecule has 0 radical (unpaired) electrons. The van der Waals surface area contributed by atoms with Gasteiger partial charge in [-0.05, 0) is 36.7 Å². The summed E-state index contributed by atoms with van der Waals surface area (Å²) < 4.78 is 25.0. The summed E-state index contributed by atoms with van der Waals surface area (Å²) in [6, 6.07) is 4.64. The minimum absolute atomic E-state index is 0.193. The largest absolute Gasteiger partial charge is 0.313 e. The number of halogens is 2. The van der Waals surface area contributed by atoms with E-state index in [0.29, 0.717) is 6.54 Å². The van der Waals surface area contributed by atoms with Gasteiger partial charge in [0.15, 0.2) is 0 Å². The Labute approximate surface area is 113 Å². The van der Waals surface area contributed by atoms with Crippen molar-refractivity contribution in [2.45, 2.75) is 25.1 Å². The zero-order valence-corrected chi connectivity index (χ0v) is 12.4. The highest BCUT2D eigenvalue weighted by Crippen LogP contribution is 2.17. The van der Waals surface area contributed by atoms with Crippen LogP contribution >= 0.6 is 15.9 Å². The van der Waals surface area contributed by atoms with E-state index >= 15 is 0 Å². The first-order valence-electron chi connectivity index (χ1n) is 5.47. The molecular weight excluding hydrogens is 305 g/mol. The van der Waals surface area contributed by atoms with Gasteiger partial charge in [-0.3, -0.25) is 4.21 Å². The van der Waals surface area contributed by atoms with E-state index in [9.17, 15) is 8.60 Å². The maximum atomic E-state index is 13.0. The maximum absolute atomic E-state index is 13.0. The molecule has 0 saturated carbocycles. The highest BCUT2D eigenvalue weighted by atomic mass is 79.9. The maximum Gasteiger partial charge on any atom is 0.123 e. The van der Waals surface area contributed by atoms with Gasteiger partial charge in [0.2, 0.25) is 0 Å². The quantitative estimate of drug-likeness (QED) is 0.816. The third-order valence-corrected chi connectivity index (χ3v) is 4.76. The molecule has 1 N–H and O–H groups in total. The zero-order valence-electron chi connectivity index (χ0n) is 10.0. The normalized spacial score (nSPS) is 14.6. The SMILES string of the molecule is C[C@H](CCNCc1cc(F)ccc1Br)[S@@](C)=O. The molecule has 0 unspecified atom stereocenters. The number of benzene rings is 1. The van der Waals surface area contributed by atoms with Crippen molar-refractivity contribution in [1.29, 1.82) is 0 Å². The second-order valence-corrected chi connectivity index (χ2v) is 6.67. The molecule has 0 spiro atoms. The van der Waals surface area contributed by atoms with Crippen molar-refractivity contribution >= 4 is 26.7 Å². The molecule has 2 nitrogen and oxygen atoms in total. The van der Waals surface area contributed by atoms with Crippen LogP contribution in [0.3, 0.4) is 0 Å². The summed E-state index contributed by atoms with van der Waals surface area (Å²) in [4.78, 5) is 0. The molecule has 0 aromatic heterocycles. The van der Waals surface area contributed by atoms with E-state index in [-0.39, 0.29) is 11.1 Å². The Morgan fingerprint density at radius 3 is 2.88 bits per heavy atom. The van der Waals surface area contributed by atoms with Gasteiger partial charge in [-0.25, -0.2) is 4.39 Å². The van der Waals surface area contributed by atoms with Crippen LogP contribution in [0.25, 0.3) is 0 Å². The molecule has 0 bridgehead atoms. The fraction of sp³-hybridized carbons (Fsp3) is 0.500. The van der Waals surface area contributed by atoms with Crippen molar-refractivity contribution in [3.8, 4) is 0 Å². The summed E-state index contributed by atoms with van der Waals surface area (Å²) in [5, 5.41) is 3.42. The first kappa shape index (κ1) is 14.8. The Bertz CT molecular complexity index is 400. The van der Waals surface area contributed by atoms with Crippen LogP contribution in [-0.4, -0.2) is 22.3 Å². The Morgan fingerprint density at radius 1 is 1.53 bits per heavy atom. The molecule has 1 rings (SSSR count). The van der Waals surface area contributed by atoms with E-state index in [1.165, 1.54) is 12.1 Å². The topological polar surface area (TPSA) is 29.1 Å². The van der Waals surface area contributed by atoms with Crippen molar-refractivity contribution in [2.24, 2.45) is 0 Å². The standard InChI is InChI=1S/C12H17BrFNOS/c1-9(17(2)16)5-6-15-8-10-7-11(14)3-4-12(10)13/h3-4,7,9,15H,5-6,8H2,1-2H3/t9-,17-/m1/s1. The lowest BCUT2D eigenvalue weighted by Gasteiger charge is -2.10. The highest BCUT2D eigenvalue weighted by Gasteiger charge is 2.06. The molecule has 0 saturated heterocycles. The molecular formula is C12H17BrFNOS. The fourth-order valence-electron chi connectivity index (χ4n) is 1.37. The van der Waals surface area contributed by atoms with Crippen molar-refractivity contribution in [3.05, 3.63) is 34.1 Å². The van der Waals surface area contributed by atoms with Crippen molar-refractivity contribution in [1.82, 2.24) is 5.32 Å². The van der Waals surface area contributed by atoms with Crippen molar-refractivity contribution in [3.63, 3.8) is 0 Å². The van der Waals surface area contributed by atoms with E-state index in [1.807, 2.05) is 6.92 Å². The lowest BCUT2D eigenvalue weighted by atomic mass is 10.2. The molecule has 2 atom stereocenters. The van der Waals surface area contributed by atoms with Crippen LogP contribution in [0.15, 0.2) is 22.7 Å². The minimum atomic E-state index is -0.776. The average Bonchev–Trinajstić information content (AvgIpc) is 2.28. The van der Waals surface area contributed by atoms with Crippen molar-refractivity contribution in [2.75, 3.05) is 12.8 Å². The lowest BCUT2D eigenvalue weighted by molar-refractivity contribution is 0.611. The van der Waals surface area contributed by atoms with Crippen LogP contribution < -0.4 is 5.32 Å². The third-order valence-electron chi connectivity index (χ3n) is 2.62. The summed E-state index contributed by atoms with van der Waals surface area (Å²) in [7, 11) is -0.776. The predicted molar refractivity (Wildman–Crippen MR) is 74.0 cm³/mol. The van der Waals surface area contributed by atoms with Gasteiger partial charge in [0, 0.05) is 33.3 Å². The molecule has 1 aromatic carbocycles. The van der Waals surface area contributed by atoms with Crippen LogP contribution in [0.2, 0.25) is 0 Å². The molecule has 0 amide bonds. The molecule has 17 heavy (non-hydrogen) atoms. The van der Waals surface area contributed by atoms with Crippen LogP contribution in [0.1, 0.15) is 18.9 Å². The van der Waals surface area contributed by atoms with Gasteiger partial charge in [-0.1, -0.05) is 22.9 Å². The Morgan fingerprint density at radius 2 is 2.24 bits per heavy atom. The summed E-state index contributed by atoms with van der Waals surface area (Å²) in [5.74, 6) is -0.229. The van der Waals surface area contributed by atoms with Crippen molar-refractivity contribution < 1.29 is 8.60 Å². The van der Waals surface area contributed by atoms with Crippen LogP contribution in [0.4, 0.5) is 4.39 Å². The predicted octanol–water partition coefficient (Wildman–Crippen LogP) is 2.83. The van der Waals surface area contributed by atoms with Gasteiger partial charge in [0.1, 0.15) is 5.82 Å². The second kappa shape index (κ2) is 7.24. The first-order chi connectivity index (χ1) is 8.00. The van der Waals surface area contributed by atoms with Gasteiger partial charge < -0.3 is 5.32 Å². The lowest BCUT2D eigenvalue weighted by Crippen LogP contribution is -2.21. The average molecular weight is 322 g/mol. The van der Waals surface area contributed by atoms with Gasteiger partial charge in [-0.2, -0.15) is 0 Å². The van der Waals surface area contributed by atoms with E-state index in [2.05, 4.69) is 21.2 Å². The highest BCUT2D eigenvalue weighted by molar-refractivity contribution is 9.10. The third kappa shape index (κ3) is 5.27. The van der Waals surface area contributed by atoms with Gasteiger partial charge in [0.05, 0.1) is 0 Å². The Hall–Kier alpha value is -0.260. The second-order valence-electron chi connectivity index (χ2n) is 4.01. The first-order valence-corrected chi connectivity index (χ1v) is 7.89. The molecule has 0 fully saturated rings. The Balaban J connectivity index is 2.36. The van der Waals surface area contributed by atoms with Crippen LogP contribution in [-0.2, 0) is 17.3 Å². The van der Waals surface area contributed by atoms with Crippen LogP contribution in [0.5, 0.6) is 0 Å². The van der Waals surface area contributed by atoms with Gasteiger partial charge >= 0.3 is 0 Å². The molecule has 0 aliphatic rings.